The lowest BCUT2D eigenvalue weighted by molar-refractivity contribution is -0.166. The van der Waals surface area contributed by atoms with E-state index in [1.807, 2.05) is 12.2 Å². The Morgan fingerprint density at radius 3 is 1.41 bits per heavy atom. The fourth-order valence-corrected chi connectivity index (χ4v) is 7.15. The zero-order chi connectivity index (χ0) is 21.7. The summed E-state index contributed by atoms with van der Waals surface area (Å²) in [7, 11) is 0. The van der Waals surface area contributed by atoms with Gasteiger partial charge in [0, 0.05) is 0 Å². The predicted octanol–water partition coefficient (Wildman–Crippen LogP) is 1.84. The first kappa shape index (κ1) is 18.2. The number of allylic oxidation sites excluding steroid dienone is 2. The molecule has 4 heterocycles. The molecule has 32 heavy (non-hydrogen) atoms. The number of furan rings is 2. The van der Waals surface area contributed by atoms with Crippen LogP contribution in [0.4, 0.5) is 0 Å². The van der Waals surface area contributed by atoms with Crippen LogP contribution in [0.3, 0.4) is 0 Å². The minimum absolute atomic E-state index is 0.0744. The second kappa shape index (κ2) is 6.09. The van der Waals surface area contributed by atoms with Crippen molar-refractivity contribution in [3.05, 3.63) is 60.5 Å². The van der Waals surface area contributed by atoms with Crippen LogP contribution in [0.25, 0.3) is 0 Å². The van der Waals surface area contributed by atoms with Crippen LogP contribution in [0.15, 0.2) is 57.8 Å². The van der Waals surface area contributed by atoms with Gasteiger partial charge in [0.25, 0.3) is 0 Å². The minimum Gasteiger partial charge on any atom is -0.467 e. The molecule has 4 aliphatic carbocycles. The second-order valence-electron chi connectivity index (χ2n) is 9.48. The van der Waals surface area contributed by atoms with Gasteiger partial charge in [-0.15, -0.1) is 0 Å². The molecule has 8 rings (SSSR count). The minimum atomic E-state index is -0.461. The molecule has 2 saturated heterocycles. The quantitative estimate of drug-likeness (QED) is 0.540. The van der Waals surface area contributed by atoms with Crippen LogP contribution in [-0.4, -0.2) is 33.4 Å². The van der Waals surface area contributed by atoms with Gasteiger partial charge in [0.1, 0.15) is 11.5 Å². The summed E-state index contributed by atoms with van der Waals surface area (Å²) in [6, 6.07) is 6.94. The van der Waals surface area contributed by atoms with E-state index >= 15 is 0 Å². The second-order valence-corrected chi connectivity index (χ2v) is 9.48. The summed E-state index contributed by atoms with van der Waals surface area (Å²) in [6.07, 6.45) is 7.06. The maximum absolute atomic E-state index is 13.3. The number of fused-ring (bicyclic) bond motifs is 1. The van der Waals surface area contributed by atoms with Gasteiger partial charge in [0.2, 0.25) is 23.6 Å². The zero-order valence-electron chi connectivity index (χ0n) is 17.0. The Balaban J connectivity index is 1.20. The molecule has 0 unspecified atom stereocenters. The molecule has 2 aliphatic heterocycles. The van der Waals surface area contributed by atoms with Gasteiger partial charge < -0.3 is 8.83 Å². The lowest BCUT2D eigenvalue weighted by Gasteiger charge is -2.60. The van der Waals surface area contributed by atoms with E-state index in [0.717, 1.165) is 0 Å². The highest BCUT2D eigenvalue weighted by atomic mass is 16.3. The normalized spacial score (nSPS) is 38.9. The third-order valence-corrected chi connectivity index (χ3v) is 8.31. The lowest BCUT2D eigenvalue weighted by Crippen LogP contribution is -2.63. The molecule has 0 spiro atoms. The average molecular weight is 432 g/mol. The van der Waals surface area contributed by atoms with Crippen molar-refractivity contribution in [2.75, 3.05) is 0 Å². The maximum atomic E-state index is 13.3. The van der Waals surface area contributed by atoms with Crippen molar-refractivity contribution in [2.45, 2.75) is 13.1 Å². The van der Waals surface area contributed by atoms with Gasteiger partial charge in [0.15, 0.2) is 0 Å². The van der Waals surface area contributed by atoms with Gasteiger partial charge in [-0.25, -0.2) is 0 Å². The van der Waals surface area contributed by atoms with E-state index < -0.39 is 23.7 Å². The van der Waals surface area contributed by atoms with Crippen LogP contribution in [0.1, 0.15) is 11.5 Å². The molecule has 6 aliphatic rings. The largest absolute Gasteiger partial charge is 0.467 e. The number of carbonyl (C=O) groups excluding carboxylic acids is 4. The zero-order valence-corrected chi connectivity index (χ0v) is 17.0. The molecule has 0 aromatic carbocycles. The van der Waals surface area contributed by atoms with E-state index in [1.165, 1.54) is 22.3 Å². The Bertz CT molecular complexity index is 1130. The molecular formula is C24H20N2O6. The van der Waals surface area contributed by atoms with Crippen molar-refractivity contribution < 1.29 is 28.0 Å². The van der Waals surface area contributed by atoms with Crippen LogP contribution >= 0.6 is 0 Å². The Labute approximate surface area is 182 Å². The van der Waals surface area contributed by atoms with Crippen LogP contribution in [0.2, 0.25) is 0 Å². The molecule has 4 amide bonds. The highest BCUT2D eigenvalue weighted by molar-refractivity contribution is 6.09. The van der Waals surface area contributed by atoms with Crippen molar-refractivity contribution in [1.29, 1.82) is 0 Å². The SMILES string of the molecule is O=C1[C@@H]2[C@H]3C=C[C@@H]([C@@H]2C(=O)N1Cc1ccco1)[C@@H]1[C@@H]2C(=O)N(Cc4ccco4)C(=O)[C@H]2[C@@H]31. The number of nitrogens with zero attached hydrogens (tertiary/aromatic N) is 2. The third kappa shape index (κ3) is 2.07. The molecule has 8 atom stereocenters. The molecule has 2 bridgehead atoms. The standard InChI is InChI=1S/C24H20N2O6/c27-21-17-13-5-6-14(18(17)22(28)25(21)9-11-3-1-7-31-11)16-15(13)19-20(16)24(30)26(23(19)29)10-12-4-2-8-32-12/h1-8,13-20H,9-10H2/t13-,14+,15-,16-,17+,18-,19-,20-/m0/s1. The molecular weight excluding hydrogens is 412 g/mol. The fourth-order valence-electron chi connectivity index (χ4n) is 7.15. The number of likely N-dealkylation sites (tertiary alicyclic amines) is 2. The highest BCUT2D eigenvalue weighted by Crippen LogP contribution is 2.68. The Morgan fingerprint density at radius 2 is 1.03 bits per heavy atom. The van der Waals surface area contributed by atoms with Gasteiger partial charge >= 0.3 is 0 Å². The lowest BCUT2D eigenvalue weighted by atomic mass is 9.40. The number of hydrogen-bond donors (Lipinski definition) is 0. The number of rotatable bonds is 4. The number of imide groups is 2. The molecule has 2 aromatic heterocycles. The van der Waals surface area contributed by atoms with Crippen LogP contribution < -0.4 is 0 Å². The number of carbonyl (C=O) groups is 4. The maximum Gasteiger partial charge on any atom is 0.234 e. The molecule has 4 fully saturated rings. The van der Waals surface area contributed by atoms with Gasteiger partial charge in [-0.1, -0.05) is 12.2 Å². The van der Waals surface area contributed by atoms with Crippen LogP contribution in [0, 0.1) is 47.3 Å². The predicted molar refractivity (Wildman–Crippen MR) is 106 cm³/mol. The first-order chi connectivity index (χ1) is 15.6. The van der Waals surface area contributed by atoms with E-state index in [0.29, 0.717) is 11.5 Å². The molecule has 8 heteroatoms. The first-order valence-corrected chi connectivity index (χ1v) is 11.0. The van der Waals surface area contributed by atoms with E-state index in [2.05, 4.69) is 0 Å². The molecule has 2 aromatic rings. The van der Waals surface area contributed by atoms with Crippen molar-refractivity contribution in [2.24, 2.45) is 47.3 Å². The van der Waals surface area contributed by atoms with Crippen molar-refractivity contribution in [1.82, 2.24) is 9.80 Å². The summed E-state index contributed by atoms with van der Waals surface area (Å²) in [5.74, 6) is -1.92. The average Bonchev–Trinajstić information content (AvgIpc) is 3.54. The molecule has 0 N–H and O–H groups in total. The van der Waals surface area contributed by atoms with E-state index in [1.54, 1.807) is 24.3 Å². The monoisotopic (exact) mass is 432 g/mol. The summed E-state index contributed by atoms with van der Waals surface area (Å²) < 4.78 is 10.7. The van der Waals surface area contributed by atoms with Gasteiger partial charge in [-0.2, -0.15) is 0 Å². The van der Waals surface area contributed by atoms with Crippen LogP contribution in [0.5, 0.6) is 0 Å². The Hall–Kier alpha value is -3.42. The van der Waals surface area contributed by atoms with Crippen molar-refractivity contribution in [3.63, 3.8) is 0 Å². The first-order valence-electron chi connectivity index (χ1n) is 11.0. The topological polar surface area (TPSA) is 101 Å². The Morgan fingerprint density at radius 1 is 0.625 bits per heavy atom. The van der Waals surface area contributed by atoms with Crippen molar-refractivity contribution in [3.8, 4) is 0 Å². The summed E-state index contributed by atoms with van der Waals surface area (Å²) in [5.41, 5.74) is 0. The molecule has 8 nitrogen and oxygen atoms in total. The highest BCUT2D eigenvalue weighted by Gasteiger charge is 2.74. The van der Waals surface area contributed by atoms with Crippen molar-refractivity contribution >= 4 is 23.6 Å². The molecule has 162 valence electrons. The summed E-state index contributed by atoms with van der Waals surface area (Å²) in [5, 5.41) is 0. The molecule has 2 saturated carbocycles. The van der Waals surface area contributed by atoms with Gasteiger partial charge in [-0.3, -0.25) is 29.0 Å². The van der Waals surface area contributed by atoms with Gasteiger partial charge in [-0.05, 0) is 47.9 Å². The summed E-state index contributed by atoms with van der Waals surface area (Å²) in [6.45, 7) is 0.246. The summed E-state index contributed by atoms with van der Waals surface area (Å²) in [4.78, 5) is 55.6. The molecule has 0 radical (unpaired) electrons. The Kier molecular flexibility index (Phi) is 3.46. The van der Waals surface area contributed by atoms with Gasteiger partial charge in [0.05, 0.1) is 49.3 Å². The number of amides is 4. The number of hydrogen-bond acceptors (Lipinski definition) is 6. The fraction of sp³-hybridized carbons (Fsp3) is 0.417. The van der Waals surface area contributed by atoms with Crippen LogP contribution in [-0.2, 0) is 32.3 Å². The smallest absolute Gasteiger partial charge is 0.234 e. The van der Waals surface area contributed by atoms with E-state index in [4.69, 9.17) is 8.83 Å². The third-order valence-electron chi connectivity index (χ3n) is 8.31. The van der Waals surface area contributed by atoms with E-state index in [9.17, 15) is 19.2 Å². The van der Waals surface area contributed by atoms with E-state index in [-0.39, 0.29) is 60.4 Å². The summed E-state index contributed by atoms with van der Waals surface area (Å²) >= 11 is 0.